The van der Waals surface area contributed by atoms with Crippen LogP contribution in [-0.4, -0.2) is 23.0 Å². The molecule has 0 saturated carbocycles. The monoisotopic (exact) mass is 362 g/mol. The average molecular weight is 362 g/mol. The summed E-state index contributed by atoms with van der Waals surface area (Å²) < 4.78 is 13.1. The lowest BCUT2D eigenvalue weighted by molar-refractivity contribution is 0.0956. The van der Waals surface area contributed by atoms with Crippen LogP contribution in [0.25, 0.3) is 0 Å². The van der Waals surface area contributed by atoms with E-state index >= 15 is 0 Å². The largest absolute Gasteiger partial charge is 0.321 e. The van der Waals surface area contributed by atoms with Gasteiger partial charge in [-0.05, 0) is 42.0 Å². The van der Waals surface area contributed by atoms with Crippen molar-refractivity contribution in [2.75, 3.05) is 5.32 Å². The van der Waals surface area contributed by atoms with E-state index in [1.807, 2.05) is 0 Å². The molecule has 0 saturated heterocycles. The Morgan fingerprint density at radius 1 is 0.963 bits per heavy atom. The zero-order valence-corrected chi connectivity index (χ0v) is 14.1. The number of hydrazone groups is 1. The van der Waals surface area contributed by atoms with E-state index in [9.17, 15) is 14.0 Å². The maximum absolute atomic E-state index is 13.1. The van der Waals surface area contributed by atoms with Gasteiger partial charge in [0.1, 0.15) is 5.82 Å². The summed E-state index contributed by atoms with van der Waals surface area (Å²) in [6.45, 7) is 0. The second kappa shape index (κ2) is 8.48. The van der Waals surface area contributed by atoms with Crippen molar-refractivity contribution >= 4 is 23.7 Å². The van der Waals surface area contributed by atoms with Gasteiger partial charge in [-0.15, -0.1) is 0 Å². The van der Waals surface area contributed by atoms with Crippen molar-refractivity contribution in [2.45, 2.75) is 0 Å². The van der Waals surface area contributed by atoms with Gasteiger partial charge in [0.05, 0.1) is 17.5 Å². The zero-order chi connectivity index (χ0) is 19.1. The Morgan fingerprint density at radius 2 is 1.74 bits per heavy atom. The van der Waals surface area contributed by atoms with Crippen LogP contribution in [0.4, 0.5) is 10.1 Å². The first-order valence-corrected chi connectivity index (χ1v) is 8.03. The molecule has 1 aromatic heterocycles. The summed E-state index contributed by atoms with van der Waals surface area (Å²) in [7, 11) is 0. The average Bonchev–Trinajstić information content (AvgIpc) is 2.69. The highest BCUT2D eigenvalue weighted by Crippen LogP contribution is 2.16. The van der Waals surface area contributed by atoms with Crippen LogP contribution >= 0.6 is 0 Å². The lowest BCUT2D eigenvalue weighted by Crippen LogP contribution is -2.21. The topological polar surface area (TPSA) is 83.5 Å². The molecule has 7 heteroatoms. The molecule has 0 bridgehead atoms. The van der Waals surface area contributed by atoms with Gasteiger partial charge < -0.3 is 5.32 Å². The van der Waals surface area contributed by atoms with E-state index < -0.39 is 11.7 Å². The molecule has 0 aliphatic heterocycles. The van der Waals surface area contributed by atoms with Gasteiger partial charge in [0.25, 0.3) is 11.8 Å². The third kappa shape index (κ3) is 4.82. The minimum absolute atomic E-state index is 0.247. The molecule has 1 heterocycles. The number of nitrogens with one attached hydrogen (secondary N) is 2. The molecule has 0 radical (unpaired) electrons. The van der Waals surface area contributed by atoms with E-state index in [0.717, 1.165) is 0 Å². The fourth-order valence-electron chi connectivity index (χ4n) is 2.30. The van der Waals surface area contributed by atoms with Crippen LogP contribution in [0.3, 0.4) is 0 Å². The van der Waals surface area contributed by atoms with Crippen LogP contribution in [0.15, 0.2) is 78.2 Å². The first-order valence-electron chi connectivity index (χ1n) is 8.03. The van der Waals surface area contributed by atoms with Crippen molar-refractivity contribution in [3.8, 4) is 0 Å². The Labute approximate surface area is 154 Å². The lowest BCUT2D eigenvalue weighted by Gasteiger charge is -2.09. The standard InChI is InChI=1S/C20H15FN4O2/c21-16-5-3-4-14(12-16)13-23-25-20(27)17-6-1-2-7-18(17)24-19(26)15-8-10-22-11-9-15/h1-13H,(H,24,26)(H,25,27). The smallest absolute Gasteiger partial charge is 0.273 e. The van der Waals surface area contributed by atoms with E-state index in [1.54, 1.807) is 48.5 Å². The first kappa shape index (κ1) is 17.9. The molecular weight excluding hydrogens is 347 g/mol. The number of halogens is 1. The van der Waals surface area contributed by atoms with Gasteiger partial charge in [0, 0.05) is 18.0 Å². The number of carbonyl (C=O) groups excluding carboxylic acids is 2. The van der Waals surface area contributed by atoms with E-state index in [0.29, 0.717) is 16.8 Å². The number of benzene rings is 2. The Bertz CT molecular complexity index is 990. The molecule has 0 spiro atoms. The second-order valence-electron chi connectivity index (χ2n) is 5.49. The number of nitrogens with zero attached hydrogens (tertiary/aromatic N) is 2. The number of para-hydroxylation sites is 1. The maximum atomic E-state index is 13.1. The fourth-order valence-corrected chi connectivity index (χ4v) is 2.30. The van der Waals surface area contributed by atoms with Crippen LogP contribution in [0.1, 0.15) is 26.3 Å². The molecular formula is C20H15FN4O2. The molecule has 2 aromatic carbocycles. The molecule has 2 amide bonds. The number of hydrogen-bond acceptors (Lipinski definition) is 4. The predicted molar refractivity (Wildman–Crippen MR) is 100 cm³/mol. The van der Waals surface area contributed by atoms with Gasteiger partial charge in [-0.25, -0.2) is 9.82 Å². The van der Waals surface area contributed by atoms with E-state index in [-0.39, 0.29) is 11.5 Å². The molecule has 0 aliphatic rings. The number of hydrogen-bond donors (Lipinski definition) is 2. The minimum atomic E-state index is -0.506. The molecule has 0 unspecified atom stereocenters. The maximum Gasteiger partial charge on any atom is 0.273 e. The zero-order valence-electron chi connectivity index (χ0n) is 14.1. The van der Waals surface area contributed by atoms with E-state index in [2.05, 4.69) is 20.8 Å². The van der Waals surface area contributed by atoms with Gasteiger partial charge in [-0.2, -0.15) is 5.10 Å². The van der Waals surface area contributed by atoms with Gasteiger partial charge >= 0.3 is 0 Å². The Balaban J connectivity index is 1.71. The highest BCUT2D eigenvalue weighted by atomic mass is 19.1. The third-order valence-corrected chi connectivity index (χ3v) is 3.59. The summed E-state index contributed by atoms with van der Waals surface area (Å²) in [5.41, 5.74) is 3.89. The lowest BCUT2D eigenvalue weighted by atomic mass is 10.1. The van der Waals surface area contributed by atoms with Crippen LogP contribution < -0.4 is 10.7 Å². The molecule has 0 atom stereocenters. The summed E-state index contributed by atoms with van der Waals surface area (Å²) in [4.78, 5) is 28.5. The highest BCUT2D eigenvalue weighted by molar-refractivity contribution is 6.09. The van der Waals surface area contributed by atoms with Crippen molar-refractivity contribution in [1.29, 1.82) is 0 Å². The van der Waals surface area contributed by atoms with Crippen molar-refractivity contribution in [2.24, 2.45) is 5.10 Å². The number of pyridine rings is 1. The summed E-state index contributed by atoms with van der Waals surface area (Å²) in [6.07, 6.45) is 4.35. The summed E-state index contributed by atoms with van der Waals surface area (Å²) in [5, 5.41) is 6.52. The molecule has 3 aromatic rings. The van der Waals surface area contributed by atoms with Crippen molar-refractivity contribution < 1.29 is 14.0 Å². The Hall–Kier alpha value is -3.87. The van der Waals surface area contributed by atoms with Gasteiger partial charge in [-0.1, -0.05) is 24.3 Å². The Morgan fingerprint density at radius 3 is 2.52 bits per heavy atom. The molecule has 27 heavy (non-hydrogen) atoms. The molecule has 3 rings (SSSR count). The summed E-state index contributed by atoms with van der Waals surface area (Å²) in [6, 6.07) is 15.5. The van der Waals surface area contributed by atoms with Crippen LogP contribution in [-0.2, 0) is 0 Å². The second-order valence-corrected chi connectivity index (χ2v) is 5.49. The molecule has 0 fully saturated rings. The minimum Gasteiger partial charge on any atom is -0.321 e. The normalized spacial score (nSPS) is 10.6. The van der Waals surface area contributed by atoms with Crippen LogP contribution in [0.2, 0.25) is 0 Å². The molecule has 134 valence electrons. The Kier molecular flexibility index (Phi) is 5.64. The van der Waals surface area contributed by atoms with Crippen molar-refractivity contribution in [3.05, 3.63) is 95.6 Å². The number of carbonyl (C=O) groups is 2. The SMILES string of the molecule is O=C(Nc1ccccc1C(=O)NN=Cc1cccc(F)c1)c1ccncc1. The summed E-state index contributed by atoms with van der Waals surface area (Å²) in [5.74, 6) is -1.26. The molecule has 0 aliphatic carbocycles. The van der Waals surface area contributed by atoms with E-state index in [1.165, 1.54) is 30.7 Å². The molecule has 2 N–H and O–H groups in total. The van der Waals surface area contributed by atoms with E-state index in [4.69, 9.17) is 0 Å². The number of anilines is 1. The van der Waals surface area contributed by atoms with Crippen molar-refractivity contribution in [3.63, 3.8) is 0 Å². The van der Waals surface area contributed by atoms with Crippen LogP contribution in [0, 0.1) is 5.82 Å². The van der Waals surface area contributed by atoms with Gasteiger partial charge in [-0.3, -0.25) is 14.6 Å². The number of rotatable bonds is 5. The number of aromatic nitrogens is 1. The highest BCUT2D eigenvalue weighted by Gasteiger charge is 2.13. The quantitative estimate of drug-likeness (QED) is 0.540. The first-order chi connectivity index (χ1) is 13.1. The van der Waals surface area contributed by atoms with Gasteiger partial charge in [0.2, 0.25) is 0 Å². The van der Waals surface area contributed by atoms with Gasteiger partial charge in [0.15, 0.2) is 0 Å². The predicted octanol–water partition coefficient (Wildman–Crippen LogP) is 3.24. The summed E-state index contributed by atoms with van der Waals surface area (Å²) >= 11 is 0. The fraction of sp³-hybridized carbons (Fsp3) is 0. The number of amides is 2. The van der Waals surface area contributed by atoms with Crippen molar-refractivity contribution in [1.82, 2.24) is 10.4 Å². The molecule has 6 nitrogen and oxygen atoms in total. The van der Waals surface area contributed by atoms with Crippen LogP contribution in [0.5, 0.6) is 0 Å². The third-order valence-electron chi connectivity index (χ3n) is 3.59.